The predicted octanol–water partition coefficient (Wildman–Crippen LogP) is 6.75. The number of amides is 1. The second-order valence-corrected chi connectivity index (χ2v) is 10.3. The summed E-state index contributed by atoms with van der Waals surface area (Å²) >= 11 is 1.34. The summed E-state index contributed by atoms with van der Waals surface area (Å²) in [5.41, 5.74) is 4.34. The van der Waals surface area contributed by atoms with Gasteiger partial charge in [-0.3, -0.25) is 9.69 Å². The SMILES string of the molecule is O=C1/C(=C/c2ccc(N3CCCC3)c(F)c2)SC(=Nc2ccccc2)N1CCc1c[nH]c2ccccc12. The number of amidine groups is 1. The molecule has 0 radical (unpaired) electrons. The highest BCUT2D eigenvalue weighted by atomic mass is 32.2. The summed E-state index contributed by atoms with van der Waals surface area (Å²) in [5, 5.41) is 1.80. The van der Waals surface area contributed by atoms with Gasteiger partial charge in [-0.2, -0.15) is 0 Å². The molecule has 186 valence electrons. The summed E-state index contributed by atoms with van der Waals surface area (Å²) in [6.07, 6.45) is 6.66. The van der Waals surface area contributed by atoms with Crippen molar-refractivity contribution in [2.75, 3.05) is 24.5 Å². The van der Waals surface area contributed by atoms with Gasteiger partial charge in [0.15, 0.2) is 5.17 Å². The third-order valence-corrected chi connectivity index (χ3v) is 7.87. The molecular formula is C30H27FN4OS. The molecule has 2 aliphatic rings. The van der Waals surface area contributed by atoms with Crippen LogP contribution in [0.25, 0.3) is 17.0 Å². The Balaban J connectivity index is 1.28. The Morgan fingerprint density at radius 3 is 2.59 bits per heavy atom. The topological polar surface area (TPSA) is 51.7 Å². The highest BCUT2D eigenvalue weighted by Crippen LogP contribution is 2.35. The molecule has 0 saturated carbocycles. The molecule has 1 aromatic heterocycles. The van der Waals surface area contributed by atoms with Crippen LogP contribution in [0.1, 0.15) is 24.0 Å². The Bertz CT molecular complexity index is 1500. The van der Waals surface area contributed by atoms with Crippen LogP contribution in [0.4, 0.5) is 15.8 Å². The molecule has 2 aliphatic heterocycles. The number of para-hydroxylation sites is 2. The van der Waals surface area contributed by atoms with Gasteiger partial charge < -0.3 is 9.88 Å². The molecule has 2 saturated heterocycles. The van der Waals surface area contributed by atoms with Gasteiger partial charge >= 0.3 is 0 Å². The van der Waals surface area contributed by atoms with E-state index in [1.54, 1.807) is 11.0 Å². The summed E-state index contributed by atoms with van der Waals surface area (Å²) in [7, 11) is 0. The zero-order valence-electron chi connectivity index (χ0n) is 20.4. The van der Waals surface area contributed by atoms with E-state index in [-0.39, 0.29) is 11.7 Å². The monoisotopic (exact) mass is 510 g/mol. The molecule has 3 aromatic carbocycles. The van der Waals surface area contributed by atoms with Crippen molar-refractivity contribution in [1.82, 2.24) is 9.88 Å². The molecule has 3 heterocycles. The lowest BCUT2D eigenvalue weighted by Crippen LogP contribution is -2.31. The van der Waals surface area contributed by atoms with E-state index in [2.05, 4.69) is 16.0 Å². The number of nitrogens with zero attached hydrogens (tertiary/aromatic N) is 3. The highest BCUT2D eigenvalue weighted by Gasteiger charge is 2.33. The number of H-pyrrole nitrogens is 1. The zero-order chi connectivity index (χ0) is 25.2. The summed E-state index contributed by atoms with van der Waals surface area (Å²) in [6, 6.07) is 23.0. The van der Waals surface area contributed by atoms with Crippen molar-refractivity contribution in [3.05, 3.63) is 101 Å². The zero-order valence-corrected chi connectivity index (χ0v) is 21.2. The number of aliphatic imine (C=N–C) groups is 1. The molecule has 37 heavy (non-hydrogen) atoms. The minimum atomic E-state index is -0.249. The molecule has 4 aromatic rings. The van der Waals surface area contributed by atoms with Crippen LogP contribution in [0.2, 0.25) is 0 Å². The van der Waals surface area contributed by atoms with E-state index >= 15 is 0 Å². The Morgan fingerprint density at radius 1 is 1.00 bits per heavy atom. The summed E-state index contributed by atoms with van der Waals surface area (Å²) in [5.74, 6) is -0.357. The van der Waals surface area contributed by atoms with Crippen LogP contribution in [-0.2, 0) is 11.2 Å². The average Bonchev–Trinajstić information content (AvgIpc) is 3.65. The van der Waals surface area contributed by atoms with Gasteiger partial charge in [0, 0.05) is 36.7 Å². The molecule has 0 aliphatic carbocycles. The highest BCUT2D eigenvalue weighted by molar-refractivity contribution is 8.18. The lowest BCUT2D eigenvalue weighted by molar-refractivity contribution is -0.122. The first-order valence-electron chi connectivity index (χ1n) is 12.6. The van der Waals surface area contributed by atoms with E-state index in [4.69, 9.17) is 4.99 Å². The van der Waals surface area contributed by atoms with E-state index < -0.39 is 0 Å². The number of hydrogen-bond acceptors (Lipinski definition) is 4. The molecular weight excluding hydrogens is 483 g/mol. The summed E-state index contributed by atoms with van der Waals surface area (Å²) < 4.78 is 14.9. The van der Waals surface area contributed by atoms with Gasteiger partial charge in [0.25, 0.3) is 5.91 Å². The molecule has 1 N–H and O–H groups in total. The van der Waals surface area contributed by atoms with Crippen LogP contribution in [0, 0.1) is 5.82 Å². The normalized spacial score (nSPS) is 18.1. The molecule has 6 rings (SSSR count). The summed E-state index contributed by atoms with van der Waals surface area (Å²) in [6.45, 7) is 2.27. The number of rotatable bonds is 6. The van der Waals surface area contributed by atoms with Gasteiger partial charge in [-0.25, -0.2) is 9.38 Å². The first-order valence-corrected chi connectivity index (χ1v) is 13.4. The van der Waals surface area contributed by atoms with Crippen LogP contribution in [0.5, 0.6) is 0 Å². The molecule has 7 heteroatoms. The van der Waals surface area contributed by atoms with Gasteiger partial charge in [-0.15, -0.1) is 0 Å². The van der Waals surface area contributed by atoms with Gasteiger partial charge in [-0.1, -0.05) is 42.5 Å². The van der Waals surface area contributed by atoms with Crippen molar-refractivity contribution in [2.45, 2.75) is 19.3 Å². The first-order chi connectivity index (χ1) is 18.2. The maximum Gasteiger partial charge on any atom is 0.266 e. The van der Waals surface area contributed by atoms with Crippen molar-refractivity contribution < 1.29 is 9.18 Å². The number of benzene rings is 3. The number of thioether (sulfide) groups is 1. The Morgan fingerprint density at radius 2 is 1.78 bits per heavy atom. The average molecular weight is 511 g/mol. The number of carbonyl (C=O) groups excluding carboxylic acids is 1. The van der Waals surface area contributed by atoms with Crippen molar-refractivity contribution in [3.8, 4) is 0 Å². The number of anilines is 1. The Hall–Kier alpha value is -3.84. The third-order valence-electron chi connectivity index (χ3n) is 6.86. The molecule has 1 amide bonds. The van der Waals surface area contributed by atoms with Gasteiger partial charge in [0.1, 0.15) is 5.82 Å². The van der Waals surface area contributed by atoms with E-state index in [1.807, 2.05) is 66.9 Å². The smallest absolute Gasteiger partial charge is 0.266 e. The van der Waals surface area contributed by atoms with Gasteiger partial charge in [-0.05, 0) is 78.6 Å². The molecule has 0 atom stereocenters. The molecule has 5 nitrogen and oxygen atoms in total. The van der Waals surface area contributed by atoms with Crippen LogP contribution in [0.3, 0.4) is 0 Å². The molecule has 0 spiro atoms. The standard InChI is InChI=1S/C30H27FN4OS/c31-25-18-21(12-13-27(25)34-15-6-7-16-34)19-28-29(36)35(30(37-28)33-23-8-2-1-3-9-23)17-14-22-20-32-26-11-5-4-10-24(22)26/h1-5,8-13,18-20,32H,6-7,14-17H2/b28-19-,33-30?. The van der Waals surface area contributed by atoms with Gasteiger partial charge in [0.2, 0.25) is 0 Å². The number of aromatic amines is 1. The number of hydrogen-bond donors (Lipinski definition) is 1. The third kappa shape index (κ3) is 4.91. The Kier molecular flexibility index (Phi) is 6.53. The fourth-order valence-corrected chi connectivity index (χ4v) is 5.98. The van der Waals surface area contributed by atoms with Crippen molar-refractivity contribution in [2.24, 2.45) is 4.99 Å². The van der Waals surface area contributed by atoms with E-state index in [0.717, 1.165) is 48.1 Å². The van der Waals surface area contributed by atoms with Crippen LogP contribution >= 0.6 is 11.8 Å². The number of halogens is 1. The summed E-state index contributed by atoms with van der Waals surface area (Å²) in [4.78, 5) is 26.0. The van der Waals surface area contributed by atoms with Crippen LogP contribution in [0.15, 0.2) is 88.9 Å². The maximum atomic E-state index is 14.9. The van der Waals surface area contributed by atoms with E-state index in [0.29, 0.717) is 34.3 Å². The molecule has 0 unspecified atom stereocenters. The fraction of sp³-hybridized carbons (Fsp3) is 0.200. The van der Waals surface area contributed by atoms with E-state index in [1.165, 1.54) is 17.8 Å². The number of fused-ring (bicyclic) bond motifs is 1. The number of carbonyl (C=O) groups is 1. The maximum absolute atomic E-state index is 14.9. The van der Waals surface area contributed by atoms with Crippen LogP contribution in [-0.4, -0.2) is 40.6 Å². The molecule has 0 bridgehead atoms. The van der Waals surface area contributed by atoms with E-state index in [9.17, 15) is 9.18 Å². The first kappa shape index (κ1) is 23.6. The van der Waals surface area contributed by atoms with Crippen molar-refractivity contribution in [1.29, 1.82) is 0 Å². The number of nitrogens with one attached hydrogen (secondary N) is 1. The number of aromatic nitrogens is 1. The lowest BCUT2D eigenvalue weighted by atomic mass is 10.1. The minimum Gasteiger partial charge on any atom is -0.369 e. The van der Waals surface area contributed by atoms with Crippen molar-refractivity contribution >= 4 is 51.2 Å². The lowest BCUT2D eigenvalue weighted by Gasteiger charge is -2.18. The minimum absolute atomic E-state index is 0.108. The quantitative estimate of drug-likeness (QED) is 0.292. The van der Waals surface area contributed by atoms with Gasteiger partial charge in [0.05, 0.1) is 16.3 Å². The molecule has 2 fully saturated rings. The second kappa shape index (κ2) is 10.3. The van der Waals surface area contributed by atoms with Crippen LogP contribution < -0.4 is 4.90 Å². The largest absolute Gasteiger partial charge is 0.369 e. The predicted molar refractivity (Wildman–Crippen MR) is 151 cm³/mol. The second-order valence-electron chi connectivity index (χ2n) is 9.31. The Labute approximate surface area is 219 Å². The van der Waals surface area contributed by atoms with Crippen molar-refractivity contribution in [3.63, 3.8) is 0 Å². The fourth-order valence-electron chi connectivity index (χ4n) is 4.95.